The van der Waals surface area contributed by atoms with Crippen molar-refractivity contribution in [3.8, 4) is 5.69 Å². The lowest BCUT2D eigenvalue weighted by Gasteiger charge is -2.17. The first-order chi connectivity index (χ1) is 11.9. The molecule has 1 aliphatic heterocycles. The molecule has 0 aromatic carbocycles. The summed E-state index contributed by atoms with van der Waals surface area (Å²) in [5.74, 6) is -1.06. The van der Waals surface area contributed by atoms with E-state index in [2.05, 4.69) is 27.0 Å². The second-order valence-electron chi connectivity index (χ2n) is 5.30. The van der Waals surface area contributed by atoms with E-state index in [1.54, 1.807) is 29.3 Å². The third-order valence-corrected chi connectivity index (χ3v) is 3.62. The number of anilines is 1. The van der Waals surface area contributed by atoms with Gasteiger partial charge < -0.3 is 16.8 Å². The van der Waals surface area contributed by atoms with Crippen molar-refractivity contribution >= 4 is 23.1 Å². The fourth-order valence-electron chi connectivity index (χ4n) is 2.23. The number of aliphatic imine (C=N–C) groups is 1. The van der Waals surface area contributed by atoms with E-state index in [0.717, 1.165) is 0 Å². The molecule has 0 bridgehead atoms. The smallest absolute Gasteiger partial charge is 0.164 e. The van der Waals surface area contributed by atoms with Gasteiger partial charge in [-0.25, -0.2) is 14.1 Å². The van der Waals surface area contributed by atoms with Gasteiger partial charge in [0.2, 0.25) is 0 Å². The molecule has 0 spiro atoms. The summed E-state index contributed by atoms with van der Waals surface area (Å²) in [5.41, 5.74) is 13.0. The zero-order valence-electron chi connectivity index (χ0n) is 13.0. The van der Waals surface area contributed by atoms with Crippen molar-refractivity contribution in [2.45, 2.75) is 0 Å². The van der Waals surface area contributed by atoms with E-state index in [1.807, 2.05) is 0 Å². The average Bonchev–Trinajstić information content (AvgIpc) is 2.95. The molecule has 0 aliphatic carbocycles. The molecular weight excluding hydrogens is 345 g/mol. The molecule has 0 saturated heterocycles. The molecule has 5 N–H and O–H groups in total. The number of hydrogen-bond acceptors (Lipinski definition) is 6. The molecule has 0 saturated carbocycles. The number of rotatable bonds is 3. The number of pyridine rings is 1. The molecule has 0 radical (unpaired) electrons. The van der Waals surface area contributed by atoms with Gasteiger partial charge in [-0.1, -0.05) is 24.3 Å². The summed E-state index contributed by atoms with van der Waals surface area (Å²) in [6.45, 7) is 3.71. The third kappa shape index (κ3) is 3.69. The number of hydrogen-bond donors (Lipinski definition) is 3. The number of amidine groups is 1. The lowest BCUT2D eigenvalue weighted by Crippen LogP contribution is -2.26. The Bertz CT molecular complexity index is 913. The number of nitrogens with zero attached hydrogens (tertiary/aromatic N) is 4. The Morgan fingerprint density at radius 2 is 2.16 bits per heavy atom. The van der Waals surface area contributed by atoms with Crippen LogP contribution >= 0.6 is 11.6 Å². The first kappa shape index (κ1) is 16.7. The van der Waals surface area contributed by atoms with E-state index in [1.165, 1.54) is 18.3 Å². The van der Waals surface area contributed by atoms with Crippen molar-refractivity contribution in [1.82, 2.24) is 14.8 Å². The number of halogens is 2. The minimum Gasteiger partial charge on any atom is -0.402 e. The number of nitrogens with two attached hydrogens (primary N) is 2. The quantitative estimate of drug-likeness (QED) is 0.780. The van der Waals surface area contributed by atoms with Crippen molar-refractivity contribution in [3.05, 3.63) is 72.0 Å². The van der Waals surface area contributed by atoms with E-state index in [-0.39, 0.29) is 5.82 Å². The third-order valence-electron chi connectivity index (χ3n) is 3.43. The molecule has 25 heavy (non-hydrogen) atoms. The number of allylic oxidation sites excluding steroid dienone is 2. The maximum Gasteiger partial charge on any atom is 0.164 e. The van der Waals surface area contributed by atoms with Crippen LogP contribution in [0.25, 0.3) is 5.69 Å². The second-order valence-corrected chi connectivity index (χ2v) is 5.74. The Morgan fingerprint density at radius 1 is 1.36 bits per heavy atom. The fraction of sp³-hybridized carbons (Fsp3) is 0.0625. The fourth-order valence-corrected chi connectivity index (χ4v) is 2.36. The summed E-state index contributed by atoms with van der Waals surface area (Å²) in [4.78, 5) is 8.23. The topological polar surface area (TPSA) is 107 Å². The van der Waals surface area contributed by atoms with Crippen LogP contribution in [-0.4, -0.2) is 20.6 Å². The van der Waals surface area contributed by atoms with Crippen LogP contribution in [0.4, 0.5) is 10.1 Å². The van der Waals surface area contributed by atoms with E-state index in [9.17, 15) is 4.39 Å². The molecule has 3 rings (SSSR count). The molecule has 128 valence electrons. The summed E-state index contributed by atoms with van der Waals surface area (Å²) in [5, 5.41) is 7.68. The van der Waals surface area contributed by atoms with Crippen LogP contribution in [-0.2, 0) is 0 Å². The van der Waals surface area contributed by atoms with Crippen LogP contribution in [0.2, 0.25) is 5.02 Å². The molecule has 1 aliphatic rings. The minimum absolute atomic E-state index is 0.245. The van der Waals surface area contributed by atoms with Gasteiger partial charge in [0, 0.05) is 11.9 Å². The van der Waals surface area contributed by atoms with Crippen LogP contribution in [0.3, 0.4) is 0 Å². The van der Waals surface area contributed by atoms with Gasteiger partial charge in [-0.3, -0.25) is 4.98 Å². The molecule has 2 aromatic heterocycles. The standard InChI is InChI=1S/C16H15ClFN7/c1-9(19)13-2-3-14(18)15(20)24-16(13)23-11-4-12(7-21-6-11)25-8-10(17)5-22-25/h2-8,13H,1,19-20H2,(H,23,24). The highest BCUT2D eigenvalue weighted by Crippen LogP contribution is 2.21. The van der Waals surface area contributed by atoms with Crippen molar-refractivity contribution in [3.63, 3.8) is 0 Å². The van der Waals surface area contributed by atoms with E-state index >= 15 is 0 Å². The largest absolute Gasteiger partial charge is 0.402 e. The van der Waals surface area contributed by atoms with Crippen LogP contribution in [0.15, 0.2) is 71.9 Å². The summed E-state index contributed by atoms with van der Waals surface area (Å²) in [7, 11) is 0. The van der Waals surface area contributed by atoms with Gasteiger partial charge >= 0.3 is 0 Å². The van der Waals surface area contributed by atoms with E-state index < -0.39 is 11.7 Å². The Kier molecular flexibility index (Phi) is 4.53. The lowest BCUT2D eigenvalue weighted by molar-refractivity contribution is 0.650. The predicted molar refractivity (Wildman–Crippen MR) is 95.7 cm³/mol. The van der Waals surface area contributed by atoms with Gasteiger partial charge in [-0.2, -0.15) is 5.10 Å². The molecule has 3 heterocycles. The Labute approximate surface area is 148 Å². The Balaban J connectivity index is 1.93. The molecule has 1 unspecified atom stereocenters. The molecular formula is C16H15ClFN7. The second kappa shape index (κ2) is 6.78. The molecule has 0 amide bonds. The predicted octanol–water partition coefficient (Wildman–Crippen LogP) is 2.49. The summed E-state index contributed by atoms with van der Waals surface area (Å²) in [6, 6.07) is 1.78. The molecule has 1 atom stereocenters. The van der Waals surface area contributed by atoms with Crippen molar-refractivity contribution in [2.24, 2.45) is 22.4 Å². The highest BCUT2D eigenvalue weighted by atomic mass is 35.5. The van der Waals surface area contributed by atoms with Crippen LogP contribution in [0.1, 0.15) is 0 Å². The summed E-state index contributed by atoms with van der Waals surface area (Å²) >= 11 is 5.88. The highest BCUT2D eigenvalue weighted by molar-refractivity contribution is 6.30. The maximum absolute atomic E-state index is 13.7. The van der Waals surface area contributed by atoms with Gasteiger partial charge in [-0.15, -0.1) is 0 Å². The highest BCUT2D eigenvalue weighted by Gasteiger charge is 2.19. The Hall–Kier alpha value is -3.13. The monoisotopic (exact) mass is 359 g/mol. The van der Waals surface area contributed by atoms with Gasteiger partial charge in [0.25, 0.3) is 0 Å². The summed E-state index contributed by atoms with van der Waals surface area (Å²) in [6.07, 6.45) is 9.12. The first-order valence-corrected chi connectivity index (χ1v) is 7.61. The SMILES string of the molecule is C=C(N)C1C=CC(F)=C(N)N=C1Nc1cncc(-n2cc(Cl)cn2)c1. The average molecular weight is 360 g/mol. The lowest BCUT2D eigenvalue weighted by atomic mass is 10.0. The minimum atomic E-state index is -0.638. The van der Waals surface area contributed by atoms with Crippen molar-refractivity contribution < 1.29 is 4.39 Å². The number of nitrogens with one attached hydrogen (secondary N) is 1. The van der Waals surface area contributed by atoms with Crippen molar-refractivity contribution in [2.75, 3.05) is 5.32 Å². The zero-order chi connectivity index (χ0) is 18.0. The first-order valence-electron chi connectivity index (χ1n) is 7.23. The molecule has 7 nitrogen and oxygen atoms in total. The normalized spacial score (nSPS) is 17.2. The molecule has 9 heteroatoms. The summed E-state index contributed by atoms with van der Waals surface area (Å²) < 4.78 is 15.3. The van der Waals surface area contributed by atoms with Gasteiger partial charge in [0.15, 0.2) is 11.6 Å². The van der Waals surface area contributed by atoms with Crippen LogP contribution in [0.5, 0.6) is 0 Å². The van der Waals surface area contributed by atoms with Crippen LogP contribution in [0, 0.1) is 5.92 Å². The maximum atomic E-state index is 13.7. The van der Waals surface area contributed by atoms with E-state index in [0.29, 0.717) is 27.9 Å². The number of aromatic nitrogens is 3. The van der Waals surface area contributed by atoms with Gasteiger partial charge in [0.05, 0.1) is 40.9 Å². The zero-order valence-corrected chi connectivity index (χ0v) is 13.8. The van der Waals surface area contributed by atoms with E-state index in [4.69, 9.17) is 23.1 Å². The Morgan fingerprint density at radius 3 is 2.84 bits per heavy atom. The van der Waals surface area contributed by atoms with Gasteiger partial charge in [0.1, 0.15) is 5.84 Å². The van der Waals surface area contributed by atoms with Crippen molar-refractivity contribution in [1.29, 1.82) is 0 Å². The molecule has 2 aromatic rings. The van der Waals surface area contributed by atoms with Crippen LogP contribution < -0.4 is 16.8 Å². The van der Waals surface area contributed by atoms with Gasteiger partial charge in [-0.05, 0) is 12.1 Å². The molecule has 0 fully saturated rings.